The maximum absolute atomic E-state index is 12.3. The predicted octanol–water partition coefficient (Wildman–Crippen LogP) is 0.568. The molecule has 0 N–H and O–H groups in total. The van der Waals surface area contributed by atoms with Gasteiger partial charge in [0, 0.05) is 26.2 Å². The van der Waals surface area contributed by atoms with Crippen molar-refractivity contribution in [1.82, 2.24) is 24.4 Å². The van der Waals surface area contributed by atoms with E-state index in [4.69, 9.17) is 0 Å². The third-order valence-electron chi connectivity index (χ3n) is 3.31. The number of piperazine rings is 1. The van der Waals surface area contributed by atoms with Gasteiger partial charge in [0.15, 0.2) is 0 Å². The number of amides is 1. The van der Waals surface area contributed by atoms with Crippen LogP contribution in [0, 0.1) is 0 Å². The average Bonchev–Trinajstić information content (AvgIpc) is 2.99. The molecule has 0 saturated carbocycles. The molecule has 7 heteroatoms. The van der Waals surface area contributed by atoms with Gasteiger partial charge in [-0.1, -0.05) is 18.3 Å². The maximum atomic E-state index is 12.3. The highest BCUT2D eigenvalue weighted by Gasteiger charge is 2.23. The van der Waals surface area contributed by atoms with E-state index in [1.54, 1.807) is 16.2 Å². The monoisotopic (exact) mass is 265 g/mol. The number of hydrogen-bond donors (Lipinski definition) is 0. The zero-order valence-electron chi connectivity index (χ0n) is 10.2. The molecule has 6 nitrogen and oxygen atoms in total. The zero-order chi connectivity index (χ0) is 12.5. The number of hydrogen-bond acceptors (Lipinski definition) is 5. The molecule has 0 radical (unpaired) electrons. The van der Waals surface area contributed by atoms with E-state index in [-0.39, 0.29) is 5.91 Å². The van der Waals surface area contributed by atoms with Gasteiger partial charge in [-0.05, 0) is 6.54 Å². The predicted molar refractivity (Wildman–Crippen MR) is 68.9 cm³/mol. The molecular formula is C11H15N5OS. The van der Waals surface area contributed by atoms with Gasteiger partial charge in [-0.25, -0.2) is 9.50 Å². The molecule has 0 aromatic carbocycles. The van der Waals surface area contributed by atoms with E-state index in [0.717, 1.165) is 37.7 Å². The summed E-state index contributed by atoms with van der Waals surface area (Å²) in [6.07, 6.45) is 1.71. The van der Waals surface area contributed by atoms with Crippen LogP contribution in [0.4, 0.5) is 0 Å². The van der Waals surface area contributed by atoms with Crippen LogP contribution in [0.3, 0.4) is 0 Å². The van der Waals surface area contributed by atoms with E-state index < -0.39 is 0 Å². The summed E-state index contributed by atoms with van der Waals surface area (Å²) in [7, 11) is 0. The number of rotatable bonds is 2. The fourth-order valence-electron chi connectivity index (χ4n) is 2.17. The summed E-state index contributed by atoms with van der Waals surface area (Å²) in [6, 6.07) is 0. The number of likely N-dealkylation sites (N-methyl/N-ethyl adjacent to an activating group) is 1. The molecule has 2 aromatic rings. The molecule has 3 heterocycles. The molecule has 0 atom stereocenters. The molecule has 1 fully saturated rings. The molecule has 2 aromatic heterocycles. The van der Waals surface area contributed by atoms with Gasteiger partial charge in [0.25, 0.3) is 5.91 Å². The Labute approximate surface area is 109 Å². The molecule has 1 aliphatic heterocycles. The summed E-state index contributed by atoms with van der Waals surface area (Å²) in [5.41, 5.74) is 2.22. The number of aromatic nitrogens is 3. The number of carbonyl (C=O) groups is 1. The van der Waals surface area contributed by atoms with Gasteiger partial charge >= 0.3 is 0 Å². The Morgan fingerprint density at radius 2 is 2.17 bits per heavy atom. The van der Waals surface area contributed by atoms with Crippen molar-refractivity contribution in [3.8, 4) is 0 Å². The van der Waals surface area contributed by atoms with E-state index in [1.165, 1.54) is 11.3 Å². The van der Waals surface area contributed by atoms with E-state index in [2.05, 4.69) is 21.9 Å². The van der Waals surface area contributed by atoms with Crippen molar-refractivity contribution in [2.24, 2.45) is 0 Å². The number of carbonyl (C=O) groups excluding carboxylic acids is 1. The van der Waals surface area contributed by atoms with Crippen molar-refractivity contribution < 1.29 is 4.79 Å². The van der Waals surface area contributed by atoms with Crippen LogP contribution in [-0.2, 0) is 0 Å². The molecule has 0 spiro atoms. The Morgan fingerprint density at radius 1 is 1.39 bits per heavy atom. The molecule has 3 rings (SSSR count). The van der Waals surface area contributed by atoms with Gasteiger partial charge in [0.2, 0.25) is 4.96 Å². The van der Waals surface area contributed by atoms with Crippen LogP contribution in [-0.4, -0.2) is 63.0 Å². The van der Waals surface area contributed by atoms with Gasteiger partial charge in [0.05, 0.1) is 6.20 Å². The highest BCUT2D eigenvalue weighted by molar-refractivity contribution is 7.14. The van der Waals surface area contributed by atoms with Crippen LogP contribution < -0.4 is 0 Å². The van der Waals surface area contributed by atoms with Crippen molar-refractivity contribution in [2.45, 2.75) is 6.92 Å². The minimum Gasteiger partial charge on any atom is -0.335 e. The van der Waals surface area contributed by atoms with Crippen LogP contribution in [0.2, 0.25) is 0 Å². The fraction of sp³-hybridized carbons (Fsp3) is 0.545. The quantitative estimate of drug-likeness (QED) is 0.796. The second kappa shape index (κ2) is 4.66. The number of fused-ring (bicyclic) bond motifs is 1. The highest BCUT2D eigenvalue weighted by atomic mass is 32.1. The first-order valence-electron chi connectivity index (χ1n) is 6.08. The number of imidazole rings is 1. The second-order valence-electron chi connectivity index (χ2n) is 4.32. The second-order valence-corrected chi connectivity index (χ2v) is 5.13. The zero-order valence-corrected chi connectivity index (χ0v) is 11.1. The summed E-state index contributed by atoms with van der Waals surface area (Å²) in [6.45, 7) is 6.65. The lowest BCUT2D eigenvalue weighted by Crippen LogP contribution is -2.48. The lowest BCUT2D eigenvalue weighted by Gasteiger charge is -2.33. The maximum Gasteiger partial charge on any atom is 0.274 e. The van der Waals surface area contributed by atoms with Crippen LogP contribution in [0.1, 0.15) is 17.4 Å². The molecule has 18 heavy (non-hydrogen) atoms. The highest BCUT2D eigenvalue weighted by Crippen LogP contribution is 2.12. The normalized spacial score (nSPS) is 17.5. The molecule has 0 bridgehead atoms. The Kier molecular flexibility index (Phi) is 3.00. The molecule has 0 aliphatic carbocycles. The van der Waals surface area contributed by atoms with Crippen LogP contribution in [0.15, 0.2) is 11.7 Å². The third-order valence-corrected chi connectivity index (χ3v) is 4.00. The smallest absolute Gasteiger partial charge is 0.274 e. The molecule has 1 saturated heterocycles. The number of nitrogens with zero attached hydrogens (tertiary/aromatic N) is 5. The Hall–Kier alpha value is -1.47. The Balaban J connectivity index is 1.73. The first kappa shape index (κ1) is 11.6. The van der Waals surface area contributed by atoms with Crippen molar-refractivity contribution >= 4 is 22.2 Å². The SMILES string of the molecule is CCN1CCN(C(=O)c2cn3ncsc3n2)CC1. The van der Waals surface area contributed by atoms with Crippen LogP contribution in [0.5, 0.6) is 0 Å². The van der Waals surface area contributed by atoms with Crippen molar-refractivity contribution in [3.63, 3.8) is 0 Å². The van der Waals surface area contributed by atoms with Gasteiger partial charge in [-0.2, -0.15) is 5.10 Å². The van der Waals surface area contributed by atoms with Crippen LogP contribution in [0.25, 0.3) is 4.96 Å². The first-order chi connectivity index (χ1) is 8.78. The van der Waals surface area contributed by atoms with Crippen molar-refractivity contribution in [2.75, 3.05) is 32.7 Å². The first-order valence-corrected chi connectivity index (χ1v) is 6.96. The lowest BCUT2D eigenvalue weighted by atomic mass is 10.3. The molecule has 1 aliphatic rings. The van der Waals surface area contributed by atoms with Crippen molar-refractivity contribution in [3.05, 3.63) is 17.4 Å². The van der Waals surface area contributed by atoms with E-state index in [1.807, 2.05) is 4.90 Å². The summed E-state index contributed by atoms with van der Waals surface area (Å²) < 4.78 is 1.65. The van der Waals surface area contributed by atoms with Gasteiger partial charge in [-0.3, -0.25) is 4.79 Å². The summed E-state index contributed by atoms with van der Waals surface area (Å²) in [5.74, 6) is 0.0171. The molecule has 1 amide bonds. The molecule has 0 unspecified atom stereocenters. The summed E-state index contributed by atoms with van der Waals surface area (Å²) in [4.78, 5) is 21.6. The van der Waals surface area contributed by atoms with E-state index >= 15 is 0 Å². The van der Waals surface area contributed by atoms with Crippen molar-refractivity contribution in [1.29, 1.82) is 0 Å². The standard InChI is InChI=1S/C11H15N5OS/c1-2-14-3-5-15(6-4-14)10(17)9-7-16-11(13-9)18-8-12-16/h7-8H,2-6H2,1H3. The Bertz CT molecular complexity index is 526. The average molecular weight is 265 g/mol. The minimum atomic E-state index is 0.0171. The minimum absolute atomic E-state index is 0.0171. The molecule has 96 valence electrons. The van der Waals surface area contributed by atoms with Gasteiger partial charge in [-0.15, -0.1) is 0 Å². The van der Waals surface area contributed by atoms with E-state index in [0.29, 0.717) is 5.69 Å². The van der Waals surface area contributed by atoms with Gasteiger partial charge in [0.1, 0.15) is 11.2 Å². The van der Waals surface area contributed by atoms with E-state index in [9.17, 15) is 4.79 Å². The topological polar surface area (TPSA) is 53.7 Å². The molecular weight excluding hydrogens is 250 g/mol. The summed E-state index contributed by atoms with van der Waals surface area (Å²) >= 11 is 1.44. The van der Waals surface area contributed by atoms with Gasteiger partial charge < -0.3 is 9.80 Å². The third kappa shape index (κ3) is 1.99. The lowest BCUT2D eigenvalue weighted by molar-refractivity contribution is 0.0638. The van der Waals surface area contributed by atoms with Crippen LogP contribution >= 0.6 is 11.3 Å². The largest absolute Gasteiger partial charge is 0.335 e. The fourth-order valence-corrected chi connectivity index (χ4v) is 2.77. The summed E-state index contributed by atoms with van der Waals surface area (Å²) in [5, 5.41) is 4.09. The Morgan fingerprint density at radius 3 is 2.83 bits per heavy atom.